The Labute approximate surface area is 102 Å². The molecule has 4 nitrogen and oxygen atoms in total. The molecular weight excluding hydrogens is 216 g/mol. The summed E-state index contributed by atoms with van der Waals surface area (Å²) in [7, 11) is 0. The highest BCUT2D eigenvalue weighted by atomic mass is 16.2. The second-order valence-corrected chi connectivity index (χ2v) is 5.39. The van der Waals surface area contributed by atoms with Gasteiger partial charge in [-0.2, -0.15) is 0 Å². The normalized spacial score (nSPS) is 30.1. The number of rotatable bonds is 3. The van der Waals surface area contributed by atoms with E-state index < -0.39 is 0 Å². The van der Waals surface area contributed by atoms with Gasteiger partial charge in [-0.25, -0.2) is 0 Å². The summed E-state index contributed by atoms with van der Waals surface area (Å²) in [6, 6.07) is 0.324. The molecule has 2 fully saturated rings. The third kappa shape index (κ3) is 2.99. The van der Waals surface area contributed by atoms with Crippen molar-refractivity contribution in [1.29, 1.82) is 0 Å². The zero-order valence-corrected chi connectivity index (χ0v) is 10.3. The van der Waals surface area contributed by atoms with Gasteiger partial charge in [0.1, 0.15) is 0 Å². The zero-order valence-electron chi connectivity index (χ0n) is 10.3. The number of amides is 2. The average Bonchev–Trinajstić information content (AvgIpc) is 2.79. The van der Waals surface area contributed by atoms with Gasteiger partial charge in [-0.3, -0.25) is 9.59 Å². The number of carbonyl (C=O) groups is 2. The number of primary amides is 1. The summed E-state index contributed by atoms with van der Waals surface area (Å²) in [5.74, 6) is -0.669. The molecule has 0 radical (unpaired) electrons. The predicted octanol–water partition coefficient (Wildman–Crippen LogP) is 1.34. The van der Waals surface area contributed by atoms with Gasteiger partial charge < -0.3 is 11.1 Å². The summed E-state index contributed by atoms with van der Waals surface area (Å²) in [5.41, 5.74) is 5.34. The highest BCUT2D eigenvalue weighted by molar-refractivity contribution is 5.87. The summed E-state index contributed by atoms with van der Waals surface area (Å²) in [6.45, 7) is 0. The molecule has 2 aliphatic rings. The van der Waals surface area contributed by atoms with Crippen LogP contribution in [0.15, 0.2) is 0 Å². The van der Waals surface area contributed by atoms with Crippen LogP contribution >= 0.6 is 0 Å². The average molecular weight is 238 g/mol. The minimum atomic E-state index is -0.314. The molecule has 4 heteroatoms. The van der Waals surface area contributed by atoms with Crippen LogP contribution in [0.25, 0.3) is 0 Å². The Balaban J connectivity index is 1.88. The second-order valence-electron chi connectivity index (χ2n) is 5.39. The van der Waals surface area contributed by atoms with Crippen molar-refractivity contribution in [2.45, 2.75) is 57.4 Å². The lowest BCUT2D eigenvalue weighted by atomic mass is 9.92. The summed E-state index contributed by atoms with van der Waals surface area (Å²) in [4.78, 5) is 23.4. The van der Waals surface area contributed by atoms with E-state index in [0.29, 0.717) is 6.04 Å². The maximum atomic E-state index is 12.1. The molecule has 17 heavy (non-hydrogen) atoms. The Morgan fingerprint density at radius 1 is 0.882 bits per heavy atom. The molecule has 0 aromatic heterocycles. The van der Waals surface area contributed by atoms with Crippen molar-refractivity contribution in [2.75, 3.05) is 0 Å². The molecule has 0 aromatic carbocycles. The fourth-order valence-corrected chi connectivity index (χ4v) is 3.17. The van der Waals surface area contributed by atoms with Crippen molar-refractivity contribution in [1.82, 2.24) is 5.32 Å². The van der Waals surface area contributed by atoms with E-state index in [2.05, 4.69) is 5.32 Å². The van der Waals surface area contributed by atoms with Crippen molar-refractivity contribution in [3.8, 4) is 0 Å². The van der Waals surface area contributed by atoms with Crippen molar-refractivity contribution in [2.24, 2.45) is 17.6 Å². The number of nitrogens with two attached hydrogens (primary N) is 1. The number of carbonyl (C=O) groups excluding carboxylic acids is 2. The molecule has 2 saturated carbocycles. The predicted molar refractivity (Wildman–Crippen MR) is 65.0 cm³/mol. The molecular formula is C13H22N2O2. The zero-order chi connectivity index (χ0) is 12.3. The molecule has 2 atom stereocenters. The maximum absolute atomic E-state index is 12.1. The lowest BCUT2D eigenvalue weighted by Gasteiger charge is -2.25. The van der Waals surface area contributed by atoms with E-state index in [-0.39, 0.29) is 23.7 Å². The fourth-order valence-electron chi connectivity index (χ4n) is 3.17. The van der Waals surface area contributed by atoms with Gasteiger partial charge in [0.15, 0.2) is 0 Å². The number of hydrogen-bond acceptors (Lipinski definition) is 2. The maximum Gasteiger partial charge on any atom is 0.224 e. The van der Waals surface area contributed by atoms with E-state index in [0.717, 1.165) is 32.1 Å². The van der Waals surface area contributed by atoms with E-state index in [9.17, 15) is 9.59 Å². The molecule has 96 valence electrons. The van der Waals surface area contributed by atoms with Crippen LogP contribution in [0.1, 0.15) is 51.4 Å². The van der Waals surface area contributed by atoms with E-state index in [1.807, 2.05) is 0 Å². The topological polar surface area (TPSA) is 72.2 Å². The van der Waals surface area contributed by atoms with Crippen molar-refractivity contribution >= 4 is 11.8 Å². The first-order valence-corrected chi connectivity index (χ1v) is 6.78. The highest BCUT2D eigenvalue weighted by Crippen LogP contribution is 2.32. The molecule has 0 spiro atoms. The van der Waals surface area contributed by atoms with Crippen LogP contribution in [0.4, 0.5) is 0 Å². The quantitative estimate of drug-likeness (QED) is 0.778. The van der Waals surface area contributed by atoms with E-state index >= 15 is 0 Å². The minimum Gasteiger partial charge on any atom is -0.369 e. The van der Waals surface area contributed by atoms with Crippen molar-refractivity contribution in [3.05, 3.63) is 0 Å². The smallest absolute Gasteiger partial charge is 0.224 e. The number of hydrogen-bond donors (Lipinski definition) is 2. The standard InChI is InChI=1S/C13H22N2O2/c14-12(16)10-7-4-8-11(10)13(17)15-9-5-2-1-3-6-9/h9-11H,1-8H2,(H2,14,16)(H,15,17)/t10-,11-/m1/s1. The summed E-state index contributed by atoms with van der Waals surface area (Å²) >= 11 is 0. The first kappa shape index (κ1) is 12.4. The van der Waals surface area contributed by atoms with Crippen LogP contribution in [-0.2, 0) is 9.59 Å². The molecule has 0 saturated heterocycles. The molecule has 0 bridgehead atoms. The van der Waals surface area contributed by atoms with Gasteiger partial charge in [-0.05, 0) is 25.7 Å². The van der Waals surface area contributed by atoms with Gasteiger partial charge in [0.2, 0.25) is 11.8 Å². The molecule has 2 amide bonds. The van der Waals surface area contributed by atoms with Crippen molar-refractivity contribution < 1.29 is 9.59 Å². The Bertz CT molecular complexity index is 298. The van der Waals surface area contributed by atoms with Crippen LogP contribution in [0.5, 0.6) is 0 Å². The van der Waals surface area contributed by atoms with Crippen LogP contribution in [0, 0.1) is 11.8 Å². The first-order valence-electron chi connectivity index (χ1n) is 6.78. The summed E-state index contributed by atoms with van der Waals surface area (Å²) in [6.07, 6.45) is 8.38. The SMILES string of the molecule is NC(=O)[C@@H]1CCC[C@H]1C(=O)NC1CCCCC1. The largest absolute Gasteiger partial charge is 0.369 e. The van der Waals surface area contributed by atoms with Gasteiger partial charge in [-0.15, -0.1) is 0 Å². The lowest BCUT2D eigenvalue weighted by molar-refractivity contribution is -0.132. The molecule has 0 heterocycles. The van der Waals surface area contributed by atoms with E-state index in [4.69, 9.17) is 5.73 Å². The first-order chi connectivity index (χ1) is 8.18. The van der Waals surface area contributed by atoms with Crippen LogP contribution < -0.4 is 11.1 Å². The van der Waals surface area contributed by atoms with E-state index in [1.165, 1.54) is 19.3 Å². The molecule has 0 aromatic rings. The van der Waals surface area contributed by atoms with E-state index in [1.54, 1.807) is 0 Å². The van der Waals surface area contributed by atoms with Crippen LogP contribution in [0.3, 0.4) is 0 Å². The molecule has 0 aliphatic heterocycles. The van der Waals surface area contributed by atoms with Crippen LogP contribution in [-0.4, -0.2) is 17.9 Å². The van der Waals surface area contributed by atoms with Crippen LogP contribution in [0.2, 0.25) is 0 Å². The van der Waals surface area contributed by atoms with Gasteiger partial charge in [0.05, 0.1) is 0 Å². The minimum absolute atomic E-state index is 0.0539. The third-order valence-corrected chi connectivity index (χ3v) is 4.17. The fraction of sp³-hybridized carbons (Fsp3) is 0.846. The molecule has 2 aliphatic carbocycles. The van der Waals surface area contributed by atoms with Gasteiger partial charge >= 0.3 is 0 Å². The molecule has 2 rings (SSSR count). The molecule has 3 N–H and O–H groups in total. The summed E-state index contributed by atoms with van der Waals surface area (Å²) < 4.78 is 0. The Hall–Kier alpha value is -1.06. The second kappa shape index (κ2) is 5.52. The summed E-state index contributed by atoms with van der Waals surface area (Å²) in [5, 5.41) is 3.10. The number of nitrogens with one attached hydrogen (secondary N) is 1. The monoisotopic (exact) mass is 238 g/mol. The highest BCUT2D eigenvalue weighted by Gasteiger charge is 2.37. The Morgan fingerprint density at radius 3 is 2.18 bits per heavy atom. The van der Waals surface area contributed by atoms with Gasteiger partial charge in [0, 0.05) is 17.9 Å². The third-order valence-electron chi connectivity index (χ3n) is 4.17. The van der Waals surface area contributed by atoms with Gasteiger partial charge in [0.25, 0.3) is 0 Å². The van der Waals surface area contributed by atoms with Gasteiger partial charge in [-0.1, -0.05) is 25.7 Å². The van der Waals surface area contributed by atoms with Crippen molar-refractivity contribution in [3.63, 3.8) is 0 Å². The Kier molecular flexibility index (Phi) is 4.02. The molecule has 0 unspecified atom stereocenters. The Morgan fingerprint density at radius 2 is 1.53 bits per heavy atom. The lowest BCUT2D eigenvalue weighted by Crippen LogP contribution is -2.43.